The van der Waals surface area contributed by atoms with Gasteiger partial charge >= 0.3 is 5.97 Å². The number of rotatable bonds is 12. The smallest absolute Gasteiger partial charge is 0.312 e. The van der Waals surface area contributed by atoms with Gasteiger partial charge in [-0.2, -0.15) is 0 Å². The average Bonchev–Trinajstić information content (AvgIpc) is 3.58. The summed E-state index contributed by atoms with van der Waals surface area (Å²) < 4.78 is 23.6. The molecule has 32 heavy (non-hydrogen) atoms. The van der Waals surface area contributed by atoms with E-state index >= 15 is 0 Å². The Kier molecular flexibility index (Phi) is 10.4. The Morgan fingerprint density at radius 1 is 1.16 bits per heavy atom. The first-order valence-corrected chi connectivity index (χ1v) is 11.3. The zero-order chi connectivity index (χ0) is 23.4. The fourth-order valence-electron chi connectivity index (χ4n) is 3.22. The SMILES string of the molecule is C/C=C(/OCC)C(=C/C=C/F)/C=C\C(CC1(C(=O)OCC)CC1)=N/Cc1ccc(Cl)cc1. The van der Waals surface area contributed by atoms with Crippen molar-refractivity contribution in [3.05, 3.63) is 82.9 Å². The minimum Gasteiger partial charge on any atom is -0.494 e. The second kappa shape index (κ2) is 13.0. The van der Waals surface area contributed by atoms with Crippen molar-refractivity contribution in [1.82, 2.24) is 0 Å². The van der Waals surface area contributed by atoms with Crippen molar-refractivity contribution in [2.45, 2.75) is 46.6 Å². The van der Waals surface area contributed by atoms with E-state index in [2.05, 4.69) is 0 Å². The summed E-state index contributed by atoms with van der Waals surface area (Å²) >= 11 is 5.98. The molecular weight excluding hydrogens is 429 g/mol. The molecule has 0 amide bonds. The molecule has 0 bridgehead atoms. The predicted molar refractivity (Wildman–Crippen MR) is 128 cm³/mol. The van der Waals surface area contributed by atoms with E-state index in [9.17, 15) is 9.18 Å². The van der Waals surface area contributed by atoms with Crippen molar-refractivity contribution in [3.63, 3.8) is 0 Å². The van der Waals surface area contributed by atoms with Gasteiger partial charge in [-0.15, -0.1) is 0 Å². The molecule has 0 atom stereocenters. The molecule has 1 aliphatic carbocycles. The first-order chi connectivity index (χ1) is 15.5. The highest BCUT2D eigenvalue weighted by Crippen LogP contribution is 2.50. The molecule has 2 rings (SSSR count). The zero-order valence-corrected chi connectivity index (χ0v) is 19.7. The Bertz CT molecular complexity index is 910. The molecule has 0 spiro atoms. The van der Waals surface area contributed by atoms with E-state index in [4.69, 9.17) is 26.1 Å². The molecule has 6 heteroatoms. The van der Waals surface area contributed by atoms with Crippen LogP contribution in [0.15, 0.2) is 77.3 Å². The summed E-state index contributed by atoms with van der Waals surface area (Å²) in [4.78, 5) is 17.3. The van der Waals surface area contributed by atoms with Crippen molar-refractivity contribution in [1.29, 1.82) is 0 Å². The first kappa shape index (κ1) is 25.6. The maximum Gasteiger partial charge on any atom is 0.312 e. The van der Waals surface area contributed by atoms with E-state index in [1.165, 1.54) is 6.08 Å². The molecule has 172 valence electrons. The Morgan fingerprint density at radius 2 is 1.84 bits per heavy atom. The van der Waals surface area contributed by atoms with Crippen molar-refractivity contribution in [2.75, 3.05) is 13.2 Å². The van der Waals surface area contributed by atoms with Gasteiger partial charge in [0.25, 0.3) is 0 Å². The predicted octanol–water partition coefficient (Wildman–Crippen LogP) is 6.92. The highest BCUT2D eigenvalue weighted by molar-refractivity contribution is 6.30. The van der Waals surface area contributed by atoms with Crippen LogP contribution in [0, 0.1) is 5.41 Å². The number of benzene rings is 1. The third-order valence-corrected chi connectivity index (χ3v) is 5.36. The minimum atomic E-state index is -0.509. The highest BCUT2D eigenvalue weighted by Gasteiger charge is 2.51. The molecule has 1 fully saturated rings. The lowest BCUT2D eigenvalue weighted by molar-refractivity contribution is -0.149. The van der Waals surface area contributed by atoms with E-state index in [1.807, 2.05) is 63.3 Å². The van der Waals surface area contributed by atoms with Crippen molar-refractivity contribution in [3.8, 4) is 0 Å². The minimum absolute atomic E-state index is 0.174. The standard InChI is InChI=1S/C26H31ClFNO3/c1-4-24(31-5-2)21(8-7-17-28)11-14-23(18-26(15-16-26)25(30)32-6-3)29-19-20-9-12-22(27)13-10-20/h4,7-14,17H,5-6,15-16,18-19H2,1-3H3/b14-11-,17-7+,21-8+,24-4+,29-23+. The first-order valence-electron chi connectivity index (χ1n) is 10.9. The lowest BCUT2D eigenvalue weighted by Gasteiger charge is -2.14. The Hall–Kier alpha value is -2.66. The third-order valence-electron chi connectivity index (χ3n) is 5.11. The number of nitrogens with zero attached hydrogens (tertiary/aromatic N) is 1. The maximum absolute atomic E-state index is 12.6. The molecule has 0 unspecified atom stereocenters. The Labute approximate surface area is 195 Å². The Morgan fingerprint density at radius 3 is 2.41 bits per heavy atom. The van der Waals surface area contributed by atoms with Gasteiger partial charge in [0.15, 0.2) is 0 Å². The van der Waals surface area contributed by atoms with E-state index < -0.39 is 5.41 Å². The van der Waals surface area contributed by atoms with Crippen molar-refractivity contribution in [2.24, 2.45) is 10.4 Å². The molecule has 4 nitrogen and oxygen atoms in total. The second-order valence-corrected chi connectivity index (χ2v) is 7.91. The summed E-state index contributed by atoms with van der Waals surface area (Å²) in [6, 6.07) is 7.51. The Balaban J connectivity index is 2.32. The molecule has 0 aromatic heterocycles. The van der Waals surface area contributed by atoms with Crippen LogP contribution in [0.25, 0.3) is 0 Å². The molecule has 0 heterocycles. The normalized spacial score (nSPS) is 16.6. The monoisotopic (exact) mass is 459 g/mol. The van der Waals surface area contributed by atoms with Gasteiger partial charge < -0.3 is 9.47 Å². The van der Waals surface area contributed by atoms with E-state index in [1.54, 1.807) is 6.08 Å². The van der Waals surface area contributed by atoms with Gasteiger partial charge in [0.2, 0.25) is 0 Å². The van der Waals surface area contributed by atoms with Crippen LogP contribution in [-0.4, -0.2) is 24.9 Å². The fraction of sp³-hybridized carbons (Fsp3) is 0.385. The summed E-state index contributed by atoms with van der Waals surface area (Å²) in [5.41, 5.74) is 1.99. The van der Waals surface area contributed by atoms with Gasteiger partial charge in [0.1, 0.15) is 5.76 Å². The number of hydrogen-bond acceptors (Lipinski definition) is 4. The lowest BCUT2D eigenvalue weighted by atomic mass is 9.98. The van der Waals surface area contributed by atoms with Crippen LogP contribution in [0.3, 0.4) is 0 Å². The lowest BCUT2D eigenvalue weighted by Crippen LogP contribution is -2.22. The van der Waals surface area contributed by atoms with Gasteiger partial charge in [-0.25, -0.2) is 4.39 Å². The number of esters is 1. The van der Waals surface area contributed by atoms with Crippen molar-refractivity contribution < 1.29 is 18.7 Å². The van der Waals surface area contributed by atoms with Crippen LogP contribution >= 0.6 is 11.6 Å². The molecule has 1 saturated carbocycles. The summed E-state index contributed by atoms with van der Waals surface area (Å²) in [5.74, 6) is 0.470. The molecule has 0 N–H and O–H groups in total. The molecule has 0 radical (unpaired) electrons. The number of halogens is 2. The third kappa shape index (κ3) is 7.79. The fourth-order valence-corrected chi connectivity index (χ4v) is 3.35. The number of carbonyl (C=O) groups is 1. The van der Waals surface area contributed by atoms with Gasteiger partial charge in [-0.3, -0.25) is 9.79 Å². The van der Waals surface area contributed by atoms with E-state index in [-0.39, 0.29) is 5.97 Å². The number of aliphatic imine (C=N–C) groups is 1. The maximum atomic E-state index is 12.6. The molecule has 1 aliphatic rings. The largest absolute Gasteiger partial charge is 0.494 e. The molecule has 1 aromatic rings. The summed E-state index contributed by atoms with van der Waals surface area (Å²) in [6.07, 6.45) is 11.0. The molecule has 0 aliphatic heterocycles. The molecular formula is C26H31ClFNO3. The van der Waals surface area contributed by atoms with Gasteiger partial charge in [0, 0.05) is 22.7 Å². The second-order valence-electron chi connectivity index (χ2n) is 7.47. The van der Waals surface area contributed by atoms with E-state index in [0.717, 1.165) is 24.1 Å². The van der Waals surface area contributed by atoms with Gasteiger partial charge in [-0.1, -0.05) is 23.7 Å². The number of carbonyl (C=O) groups excluding carboxylic acids is 1. The molecule has 0 saturated heterocycles. The summed E-state index contributed by atoms with van der Waals surface area (Å²) in [6.45, 7) is 6.88. The van der Waals surface area contributed by atoms with E-state index in [0.29, 0.717) is 48.9 Å². The number of allylic oxidation sites excluding steroid dienone is 5. The van der Waals surface area contributed by atoms with Crippen molar-refractivity contribution >= 4 is 23.3 Å². The highest BCUT2D eigenvalue weighted by atomic mass is 35.5. The van der Waals surface area contributed by atoms with Crippen LogP contribution in [0.1, 0.15) is 45.6 Å². The topological polar surface area (TPSA) is 47.9 Å². The molecule has 1 aromatic carbocycles. The van der Waals surface area contributed by atoms with Crippen LogP contribution < -0.4 is 0 Å². The number of ether oxygens (including phenoxy) is 2. The number of hydrogen-bond donors (Lipinski definition) is 0. The van der Waals surface area contributed by atoms with Crippen LogP contribution in [-0.2, 0) is 20.8 Å². The quantitative estimate of drug-likeness (QED) is 0.147. The van der Waals surface area contributed by atoms with Gasteiger partial charge in [0.05, 0.1) is 31.5 Å². The van der Waals surface area contributed by atoms with Crippen LogP contribution in [0.2, 0.25) is 5.02 Å². The summed E-state index contributed by atoms with van der Waals surface area (Å²) in [7, 11) is 0. The van der Waals surface area contributed by atoms with Gasteiger partial charge in [-0.05, 0) is 81.7 Å². The zero-order valence-electron chi connectivity index (χ0n) is 18.9. The average molecular weight is 460 g/mol. The van der Waals surface area contributed by atoms with Crippen LogP contribution in [0.5, 0.6) is 0 Å². The summed E-state index contributed by atoms with van der Waals surface area (Å²) in [5, 5.41) is 0.669. The van der Waals surface area contributed by atoms with Crippen LogP contribution in [0.4, 0.5) is 4.39 Å².